The number of piperazine rings is 1. The average molecular weight is 813 g/mol. The van der Waals surface area contributed by atoms with Crippen LogP contribution in [0.3, 0.4) is 0 Å². The molecule has 57 heavy (non-hydrogen) atoms. The number of cyclic esters (lactones) is 1. The van der Waals surface area contributed by atoms with Crippen LogP contribution in [0.15, 0.2) is 24.3 Å². The van der Waals surface area contributed by atoms with Crippen molar-refractivity contribution < 1.29 is 51.6 Å². The lowest BCUT2D eigenvalue weighted by Gasteiger charge is -2.47. The summed E-state index contributed by atoms with van der Waals surface area (Å²) in [5, 5.41) is 11.4. The van der Waals surface area contributed by atoms with Gasteiger partial charge < -0.3 is 33.9 Å². The smallest absolute Gasteiger partial charge is 0.416 e. The molecular weight excluding hydrogens is 745 g/mol. The lowest BCUT2D eigenvalue weighted by molar-refractivity contribution is -0.295. The van der Waals surface area contributed by atoms with Crippen molar-refractivity contribution >= 4 is 17.7 Å². The summed E-state index contributed by atoms with van der Waals surface area (Å²) in [5.41, 5.74) is -3.47. The van der Waals surface area contributed by atoms with Gasteiger partial charge in [0.1, 0.15) is 17.6 Å². The monoisotopic (exact) mass is 812 g/mol. The van der Waals surface area contributed by atoms with Crippen molar-refractivity contribution in [2.45, 2.75) is 129 Å². The van der Waals surface area contributed by atoms with Gasteiger partial charge in [0, 0.05) is 63.9 Å². The number of rotatable bonds is 9. The number of carbonyl (C=O) groups is 3. The highest BCUT2D eigenvalue weighted by Crippen LogP contribution is 2.39. The standard InChI is InChI=1S/C42H67F3N4O8/c1-12-16-49-24-26(2)23-41(8,54-11)36(57-38-34(50)32(46(9)10)21-27(3)55-38)28(4)35(51)40(6,7)39(53)56-29(5)33(49)25-47-17-19-48(20-18-47)37(52)30-14-13-15-31(22-30)42(43,44)45/h13-15,22,26-29,32-34,36,38,50H,12,16-21,23-25H2,1-11H3/t26-,27-,28+,29+,32+,33+,34-,36-,38+,41-/m1/s1. The second-order valence-corrected chi connectivity index (χ2v) is 17.6. The largest absolute Gasteiger partial charge is 0.460 e. The summed E-state index contributed by atoms with van der Waals surface area (Å²) in [4.78, 5) is 49.9. The van der Waals surface area contributed by atoms with Gasteiger partial charge in [-0.15, -0.1) is 0 Å². The number of methoxy groups -OCH3 is 1. The van der Waals surface area contributed by atoms with Crippen LogP contribution in [-0.2, 0) is 34.7 Å². The first kappa shape index (κ1) is 47.0. The van der Waals surface area contributed by atoms with Crippen LogP contribution in [0, 0.1) is 17.3 Å². The van der Waals surface area contributed by atoms with Gasteiger partial charge >= 0.3 is 12.1 Å². The van der Waals surface area contributed by atoms with Gasteiger partial charge in [0.15, 0.2) is 12.1 Å². The maximum absolute atomic E-state index is 14.5. The molecular formula is C42H67F3N4O8. The molecule has 3 fully saturated rings. The minimum Gasteiger partial charge on any atom is -0.460 e. The summed E-state index contributed by atoms with van der Waals surface area (Å²) in [6.07, 6.45) is -6.43. The number of alkyl halides is 3. The molecule has 1 amide bonds. The maximum Gasteiger partial charge on any atom is 0.416 e. The lowest BCUT2D eigenvalue weighted by Crippen LogP contribution is -2.59. The Bertz CT molecular complexity index is 1520. The third-order valence-corrected chi connectivity index (χ3v) is 12.3. The van der Waals surface area contributed by atoms with Crippen LogP contribution >= 0.6 is 0 Å². The Balaban J connectivity index is 1.61. The van der Waals surface area contributed by atoms with Crippen LogP contribution in [0.4, 0.5) is 13.2 Å². The summed E-state index contributed by atoms with van der Waals surface area (Å²) in [6.45, 7) is 18.1. The van der Waals surface area contributed by atoms with Crippen molar-refractivity contribution in [1.29, 1.82) is 0 Å². The number of nitrogens with zero attached hydrogens (tertiary/aromatic N) is 4. The molecule has 4 rings (SSSR count). The fourth-order valence-corrected chi connectivity index (χ4v) is 8.91. The van der Waals surface area contributed by atoms with Crippen LogP contribution in [-0.4, -0.2) is 158 Å². The number of ketones is 1. The van der Waals surface area contributed by atoms with Crippen molar-refractivity contribution in [2.75, 3.05) is 67.0 Å². The zero-order valence-corrected chi connectivity index (χ0v) is 35.8. The molecule has 12 nitrogen and oxygen atoms in total. The summed E-state index contributed by atoms with van der Waals surface area (Å²) >= 11 is 0. The van der Waals surface area contributed by atoms with Crippen LogP contribution in [0.1, 0.15) is 90.6 Å². The minimum absolute atomic E-state index is 0.00152. The highest BCUT2D eigenvalue weighted by Gasteiger charge is 2.52. The summed E-state index contributed by atoms with van der Waals surface area (Å²) in [7, 11) is 5.38. The molecule has 3 aliphatic heterocycles. The first-order chi connectivity index (χ1) is 26.5. The van der Waals surface area contributed by atoms with E-state index < -0.39 is 65.2 Å². The molecule has 0 unspecified atom stereocenters. The third-order valence-electron chi connectivity index (χ3n) is 12.3. The fraction of sp³-hybridized carbons (Fsp3) is 0.786. The molecule has 0 saturated carbocycles. The molecule has 3 saturated heterocycles. The Labute approximate surface area is 337 Å². The van der Waals surface area contributed by atoms with E-state index in [4.69, 9.17) is 18.9 Å². The Morgan fingerprint density at radius 2 is 1.70 bits per heavy atom. The first-order valence-electron chi connectivity index (χ1n) is 20.4. The molecule has 1 N–H and O–H groups in total. The van der Waals surface area contributed by atoms with Crippen LogP contribution < -0.4 is 0 Å². The number of halogens is 3. The number of hydrogen-bond acceptors (Lipinski definition) is 11. The van der Waals surface area contributed by atoms with E-state index in [1.54, 1.807) is 32.8 Å². The molecule has 1 aromatic rings. The van der Waals surface area contributed by atoms with E-state index in [1.807, 2.05) is 39.8 Å². The molecule has 0 bridgehead atoms. The molecule has 0 aromatic heterocycles. The summed E-state index contributed by atoms with van der Waals surface area (Å²) < 4.78 is 65.5. The number of carbonyl (C=O) groups excluding carboxylic acids is 3. The van der Waals surface area contributed by atoms with E-state index >= 15 is 0 Å². The second-order valence-electron chi connectivity index (χ2n) is 17.6. The highest BCUT2D eigenvalue weighted by atomic mass is 19.4. The van der Waals surface area contributed by atoms with Gasteiger partial charge in [0.25, 0.3) is 5.91 Å². The van der Waals surface area contributed by atoms with Gasteiger partial charge in [-0.05, 0) is 98.6 Å². The van der Waals surface area contributed by atoms with Crippen molar-refractivity contribution in [3.05, 3.63) is 35.4 Å². The molecule has 0 aliphatic carbocycles. The predicted octanol–water partition coefficient (Wildman–Crippen LogP) is 4.96. The number of ether oxygens (including phenoxy) is 4. The Hall–Kier alpha value is -2.66. The topological polar surface area (TPSA) is 121 Å². The number of esters is 1. The fourth-order valence-electron chi connectivity index (χ4n) is 8.91. The number of benzene rings is 1. The third kappa shape index (κ3) is 11.1. The maximum atomic E-state index is 14.5. The summed E-state index contributed by atoms with van der Waals surface area (Å²) in [5.74, 6) is -2.35. The highest BCUT2D eigenvalue weighted by molar-refractivity contribution is 6.04. The quantitative estimate of drug-likeness (QED) is 0.269. The van der Waals surface area contributed by atoms with Gasteiger partial charge in [-0.3, -0.25) is 24.2 Å². The Morgan fingerprint density at radius 3 is 2.28 bits per heavy atom. The first-order valence-corrected chi connectivity index (χ1v) is 20.4. The molecule has 10 atom stereocenters. The average Bonchev–Trinajstić information content (AvgIpc) is 3.15. The van der Waals surface area contributed by atoms with Gasteiger partial charge in [-0.25, -0.2) is 0 Å². The molecule has 324 valence electrons. The van der Waals surface area contributed by atoms with Crippen LogP contribution in [0.25, 0.3) is 0 Å². The molecule has 0 radical (unpaired) electrons. The SMILES string of the molecule is CCCN1C[C@H](C)C[C@@](C)(OC)[C@H](O[C@@H]2O[C@H](C)C[C@H](N(C)C)[C@H]2O)[C@@H](C)C(=O)C(C)(C)C(=O)O[C@@H](C)[C@@H]1CN1CCN(C(=O)c2cccc(C(F)(F)F)c2)CC1. The molecule has 1 aromatic carbocycles. The van der Waals surface area contributed by atoms with Gasteiger partial charge in [-0.2, -0.15) is 13.2 Å². The van der Waals surface area contributed by atoms with E-state index in [9.17, 15) is 32.7 Å². The molecule has 0 spiro atoms. The van der Waals surface area contributed by atoms with E-state index in [0.29, 0.717) is 58.7 Å². The summed E-state index contributed by atoms with van der Waals surface area (Å²) in [6, 6.07) is 3.97. The number of hydrogen-bond donors (Lipinski definition) is 1. The predicted molar refractivity (Wildman–Crippen MR) is 209 cm³/mol. The number of amides is 1. The van der Waals surface area contributed by atoms with Crippen molar-refractivity contribution in [2.24, 2.45) is 17.3 Å². The Kier molecular flexibility index (Phi) is 15.8. The normalized spacial score (nSPS) is 34.3. The van der Waals surface area contributed by atoms with Gasteiger partial charge in [0.2, 0.25) is 0 Å². The lowest BCUT2D eigenvalue weighted by atomic mass is 9.74. The number of Topliss-reactive ketones (excluding diaryl/α,β-unsaturated/α-hetero) is 1. The van der Waals surface area contributed by atoms with Crippen LogP contribution in [0.5, 0.6) is 0 Å². The molecule has 3 heterocycles. The molecule has 15 heteroatoms. The van der Waals surface area contributed by atoms with E-state index in [1.165, 1.54) is 12.1 Å². The van der Waals surface area contributed by atoms with E-state index in [0.717, 1.165) is 18.6 Å². The zero-order valence-electron chi connectivity index (χ0n) is 35.8. The van der Waals surface area contributed by atoms with Crippen molar-refractivity contribution in [1.82, 2.24) is 19.6 Å². The van der Waals surface area contributed by atoms with Crippen molar-refractivity contribution in [3.63, 3.8) is 0 Å². The number of aliphatic hydroxyl groups excluding tert-OH is 1. The Morgan fingerprint density at radius 1 is 1.05 bits per heavy atom. The molecule has 3 aliphatic rings. The van der Waals surface area contributed by atoms with E-state index in [2.05, 4.69) is 23.6 Å². The number of aliphatic hydroxyl groups is 1. The number of likely N-dealkylation sites (N-methyl/N-ethyl adjacent to an activating group) is 1. The second kappa shape index (κ2) is 19.2. The minimum atomic E-state index is -4.55. The van der Waals surface area contributed by atoms with Crippen molar-refractivity contribution in [3.8, 4) is 0 Å². The van der Waals surface area contributed by atoms with Gasteiger partial charge in [0.05, 0.1) is 29.4 Å². The van der Waals surface area contributed by atoms with Crippen LogP contribution in [0.2, 0.25) is 0 Å². The van der Waals surface area contributed by atoms with E-state index in [-0.39, 0.29) is 35.5 Å². The zero-order chi connectivity index (χ0) is 42.6. The van der Waals surface area contributed by atoms with Gasteiger partial charge in [-0.1, -0.05) is 26.8 Å².